The van der Waals surface area contributed by atoms with Gasteiger partial charge < -0.3 is 19.4 Å². The number of halogens is 1. The van der Waals surface area contributed by atoms with Gasteiger partial charge in [-0.25, -0.2) is 14.4 Å². The highest BCUT2D eigenvalue weighted by molar-refractivity contribution is 6.05. The van der Waals surface area contributed by atoms with E-state index in [9.17, 15) is 14.0 Å². The Hall–Kier alpha value is -3.49. The van der Waals surface area contributed by atoms with Crippen LogP contribution in [-0.4, -0.2) is 39.8 Å². The Morgan fingerprint density at radius 2 is 2.15 bits per heavy atom. The molecule has 0 aliphatic rings. The number of rotatable bonds is 5. The summed E-state index contributed by atoms with van der Waals surface area (Å²) in [6.07, 6.45) is 4.72. The predicted molar refractivity (Wildman–Crippen MR) is 97.6 cm³/mol. The Kier molecular flexibility index (Phi) is 5.02. The van der Waals surface area contributed by atoms with E-state index in [1.54, 1.807) is 23.7 Å². The number of amides is 2. The molecule has 0 radical (unpaired) electrons. The summed E-state index contributed by atoms with van der Waals surface area (Å²) < 4.78 is 20.3. The molecule has 140 valence electrons. The lowest BCUT2D eigenvalue weighted by Crippen LogP contribution is -2.32. The van der Waals surface area contributed by atoms with E-state index in [1.807, 2.05) is 0 Å². The van der Waals surface area contributed by atoms with Gasteiger partial charge in [0.05, 0.1) is 7.11 Å². The maximum atomic E-state index is 13.7. The van der Waals surface area contributed by atoms with Gasteiger partial charge in [-0.3, -0.25) is 9.59 Å². The van der Waals surface area contributed by atoms with Crippen LogP contribution in [0.1, 0.15) is 24.3 Å². The highest BCUT2D eigenvalue weighted by atomic mass is 19.1. The number of carbonyl (C=O) groups is 2. The smallest absolute Gasteiger partial charge is 0.278 e. The molecule has 3 rings (SSSR count). The zero-order valence-corrected chi connectivity index (χ0v) is 15.1. The fourth-order valence-corrected chi connectivity index (χ4v) is 2.68. The van der Waals surface area contributed by atoms with E-state index >= 15 is 0 Å². The summed E-state index contributed by atoms with van der Waals surface area (Å²) >= 11 is 0. The number of nitrogens with zero attached hydrogens (tertiary/aromatic N) is 4. The van der Waals surface area contributed by atoms with Crippen LogP contribution >= 0.6 is 0 Å². The average Bonchev–Trinajstić information content (AvgIpc) is 3.12. The molecule has 0 fully saturated rings. The van der Waals surface area contributed by atoms with E-state index < -0.39 is 11.7 Å². The number of ether oxygens (including phenoxy) is 1. The maximum absolute atomic E-state index is 13.7. The molecule has 27 heavy (non-hydrogen) atoms. The van der Waals surface area contributed by atoms with Crippen molar-refractivity contribution >= 4 is 29.0 Å². The van der Waals surface area contributed by atoms with Crippen molar-refractivity contribution in [3.63, 3.8) is 0 Å². The summed E-state index contributed by atoms with van der Waals surface area (Å²) in [5, 5.41) is 2.58. The number of hydrogen-bond acceptors (Lipinski definition) is 5. The van der Waals surface area contributed by atoms with Crippen molar-refractivity contribution in [3.8, 4) is 5.75 Å². The van der Waals surface area contributed by atoms with Crippen molar-refractivity contribution in [3.05, 3.63) is 48.3 Å². The number of aromatic nitrogens is 3. The van der Waals surface area contributed by atoms with Crippen LogP contribution < -0.4 is 15.0 Å². The van der Waals surface area contributed by atoms with Crippen molar-refractivity contribution in [2.75, 3.05) is 23.9 Å². The van der Waals surface area contributed by atoms with E-state index in [4.69, 9.17) is 4.74 Å². The number of carbonyl (C=O) groups excluding carboxylic acids is 2. The Bertz CT molecular complexity index is 1020. The molecule has 0 spiro atoms. The minimum Gasteiger partial charge on any atom is -0.494 e. The topological polar surface area (TPSA) is 88.8 Å². The molecule has 0 aliphatic carbocycles. The summed E-state index contributed by atoms with van der Waals surface area (Å²) in [7, 11) is 1.36. The van der Waals surface area contributed by atoms with Crippen LogP contribution in [0.25, 0.3) is 5.65 Å². The highest BCUT2D eigenvalue weighted by Gasteiger charge is 2.21. The van der Waals surface area contributed by atoms with Gasteiger partial charge in [0.1, 0.15) is 5.69 Å². The lowest BCUT2D eigenvalue weighted by Gasteiger charge is -2.21. The molecular formula is C18H18FN5O3. The zero-order valence-electron chi connectivity index (χ0n) is 15.1. The monoisotopic (exact) mass is 371 g/mol. The van der Waals surface area contributed by atoms with Gasteiger partial charge in [0.2, 0.25) is 5.91 Å². The van der Waals surface area contributed by atoms with Gasteiger partial charge in [-0.2, -0.15) is 0 Å². The Morgan fingerprint density at radius 3 is 2.81 bits per heavy atom. The summed E-state index contributed by atoms with van der Waals surface area (Å²) in [5.41, 5.74) is 0.997. The molecule has 1 N–H and O–H groups in total. The van der Waals surface area contributed by atoms with Gasteiger partial charge in [-0.15, -0.1) is 0 Å². The normalized spacial score (nSPS) is 10.7. The van der Waals surface area contributed by atoms with Crippen molar-refractivity contribution in [1.29, 1.82) is 0 Å². The lowest BCUT2D eigenvalue weighted by atomic mass is 10.2. The van der Waals surface area contributed by atoms with E-state index in [1.165, 1.54) is 43.3 Å². The number of nitrogens with one attached hydrogen (secondary N) is 1. The first kappa shape index (κ1) is 18.3. The molecular weight excluding hydrogens is 353 g/mol. The molecule has 9 heteroatoms. The molecule has 0 saturated carbocycles. The Morgan fingerprint density at radius 1 is 1.37 bits per heavy atom. The third kappa shape index (κ3) is 3.57. The van der Waals surface area contributed by atoms with Gasteiger partial charge in [-0.05, 0) is 19.1 Å². The van der Waals surface area contributed by atoms with Gasteiger partial charge in [0.15, 0.2) is 23.0 Å². The minimum atomic E-state index is -0.518. The number of fused-ring (bicyclic) bond motifs is 1. The maximum Gasteiger partial charge on any atom is 0.278 e. The van der Waals surface area contributed by atoms with Crippen LogP contribution in [0.4, 0.5) is 15.9 Å². The van der Waals surface area contributed by atoms with Gasteiger partial charge in [0.25, 0.3) is 5.91 Å². The SMILES string of the molecule is CCN(C(=O)c1cn2ccnc2c(NC(C)=O)n1)c1ccc(F)c(OC)c1. The number of imidazole rings is 1. The zero-order chi connectivity index (χ0) is 19.6. The van der Waals surface area contributed by atoms with Crippen molar-refractivity contribution in [2.45, 2.75) is 13.8 Å². The Balaban J connectivity index is 2.04. The second kappa shape index (κ2) is 7.40. The van der Waals surface area contributed by atoms with Gasteiger partial charge >= 0.3 is 0 Å². The third-order valence-corrected chi connectivity index (χ3v) is 3.90. The molecule has 1 aromatic carbocycles. The van der Waals surface area contributed by atoms with Crippen LogP contribution in [0.2, 0.25) is 0 Å². The summed E-state index contributed by atoms with van der Waals surface area (Å²) in [4.78, 5) is 34.3. The van der Waals surface area contributed by atoms with Crippen LogP contribution in [0.3, 0.4) is 0 Å². The van der Waals surface area contributed by atoms with E-state index in [0.29, 0.717) is 17.9 Å². The lowest BCUT2D eigenvalue weighted by molar-refractivity contribution is -0.114. The number of anilines is 2. The first-order valence-corrected chi connectivity index (χ1v) is 8.21. The number of benzene rings is 1. The van der Waals surface area contributed by atoms with Gasteiger partial charge in [0, 0.05) is 43.8 Å². The molecule has 0 aliphatic heterocycles. The van der Waals surface area contributed by atoms with Crippen LogP contribution in [-0.2, 0) is 4.79 Å². The summed E-state index contributed by atoms with van der Waals surface area (Å²) in [6.45, 7) is 3.46. The van der Waals surface area contributed by atoms with E-state index in [-0.39, 0.29) is 23.2 Å². The van der Waals surface area contributed by atoms with Crippen LogP contribution in [0.15, 0.2) is 36.8 Å². The minimum absolute atomic E-state index is 0.0377. The number of hydrogen-bond donors (Lipinski definition) is 1. The summed E-state index contributed by atoms with van der Waals surface area (Å²) in [6, 6.07) is 4.17. The second-order valence-corrected chi connectivity index (χ2v) is 5.68. The van der Waals surface area contributed by atoms with Crippen LogP contribution in [0.5, 0.6) is 5.75 Å². The molecule has 3 aromatic rings. The average molecular weight is 371 g/mol. The molecule has 0 saturated heterocycles. The first-order chi connectivity index (χ1) is 12.9. The molecule has 0 unspecified atom stereocenters. The fourth-order valence-electron chi connectivity index (χ4n) is 2.68. The molecule has 0 bridgehead atoms. The van der Waals surface area contributed by atoms with Crippen molar-refractivity contribution in [2.24, 2.45) is 0 Å². The molecule has 2 heterocycles. The molecule has 0 atom stereocenters. The van der Waals surface area contributed by atoms with Crippen LogP contribution in [0, 0.1) is 5.82 Å². The largest absolute Gasteiger partial charge is 0.494 e. The molecule has 2 aromatic heterocycles. The molecule has 8 nitrogen and oxygen atoms in total. The second-order valence-electron chi connectivity index (χ2n) is 5.68. The van der Waals surface area contributed by atoms with Gasteiger partial charge in [-0.1, -0.05) is 0 Å². The standard InChI is InChI=1S/C18H18FN5O3/c1-4-24(12-5-6-13(19)15(9-12)27-3)18(26)14-10-23-8-7-20-17(23)16(22-14)21-11(2)25/h5-10H,4H2,1-3H3,(H,21,22,25). The quantitative estimate of drug-likeness (QED) is 0.744. The first-order valence-electron chi connectivity index (χ1n) is 8.21. The summed E-state index contributed by atoms with van der Waals surface area (Å²) in [5.74, 6) is -1.03. The third-order valence-electron chi connectivity index (χ3n) is 3.90. The fraction of sp³-hybridized carbons (Fsp3) is 0.222. The Labute approximate surface area is 154 Å². The van der Waals surface area contributed by atoms with E-state index in [0.717, 1.165) is 0 Å². The van der Waals surface area contributed by atoms with E-state index in [2.05, 4.69) is 15.3 Å². The van der Waals surface area contributed by atoms with Crippen molar-refractivity contribution < 1.29 is 18.7 Å². The highest BCUT2D eigenvalue weighted by Crippen LogP contribution is 2.26. The molecule has 2 amide bonds. The number of methoxy groups -OCH3 is 1. The predicted octanol–water partition coefficient (Wildman–Crippen LogP) is 2.50. The van der Waals surface area contributed by atoms with Crippen molar-refractivity contribution in [1.82, 2.24) is 14.4 Å².